The van der Waals surface area contributed by atoms with Gasteiger partial charge in [-0.2, -0.15) is 0 Å². The molecule has 0 fully saturated rings. The number of aromatic nitrogens is 1. The fourth-order valence-corrected chi connectivity index (χ4v) is 6.24. The second kappa shape index (κ2) is 7.36. The van der Waals surface area contributed by atoms with Crippen molar-refractivity contribution in [1.82, 2.24) is 9.88 Å². The molecule has 3 heterocycles. The number of hydrogen-bond donors (Lipinski definition) is 1. The summed E-state index contributed by atoms with van der Waals surface area (Å²) in [6, 6.07) is 9.10. The lowest BCUT2D eigenvalue weighted by Crippen LogP contribution is -2.22. The summed E-state index contributed by atoms with van der Waals surface area (Å²) in [5.41, 5.74) is 2.10. The number of imide groups is 1. The van der Waals surface area contributed by atoms with Crippen LogP contribution in [-0.2, 0) is 26.5 Å². The molecule has 2 aromatic carbocycles. The number of amides is 2. The molecule has 1 aliphatic rings. The number of aryl methyl sites for hydroxylation is 1. The SMILES string of the molecule is CC(C)S(=O)(=O)c1ccc2c(c1)c(C1=C(c3csc4cc(F)ccc34)C(=O)NC1=O)cn2C. The van der Waals surface area contributed by atoms with Crippen LogP contribution < -0.4 is 5.32 Å². The molecule has 5 rings (SSSR count). The van der Waals surface area contributed by atoms with E-state index >= 15 is 0 Å². The Hall–Kier alpha value is -3.30. The van der Waals surface area contributed by atoms with Gasteiger partial charge in [-0.25, -0.2) is 12.8 Å². The smallest absolute Gasteiger partial charge is 0.259 e. The number of benzene rings is 2. The summed E-state index contributed by atoms with van der Waals surface area (Å²) in [5.74, 6) is -1.48. The predicted molar refractivity (Wildman–Crippen MR) is 127 cm³/mol. The van der Waals surface area contributed by atoms with Crippen LogP contribution in [0.4, 0.5) is 4.39 Å². The van der Waals surface area contributed by atoms with E-state index in [0.717, 1.165) is 5.52 Å². The molecule has 33 heavy (non-hydrogen) atoms. The van der Waals surface area contributed by atoms with Crippen molar-refractivity contribution in [1.29, 1.82) is 0 Å². The second-order valence-corrected chi connectivity index (χ2v) is 11.7. The summed E-state index contributed by atoms with van der Waals surface area (Å²) < 4.78 is 41.7. The van der Waals surface area contributed by atoms with E-state index in [1.165, 1.54) is 23.5 Å². The Bertz CT molecular complexity index is 1640. The highest BCUT2D eigenvalue weighted by molar-refractivity contribution is 7.92. The van der Waals surface area contributed by atoms with Gasteiger partial charge in [0.1, 0.15) is 5.82 Å². The van der Waals surface area contributed by atoms with Crippen molar-refractivity contribution in [2.24, 2.45) is 7.05 Å². The number of halogens is 1. The third kappa shape index (κ3) is 3.22. The maximum absolute atomic E-state index is 13.7. The number of fused-ring (bicyclic) bond motifs is 2. The highest BCUT2D eigenvalue weighted by Crippen LogP contribution is 2.40. The van der Waals surface area contributed by atoms with Crippen molar-refractivity contribution in [3.05, 3.63) is 64.9 Å². The van der Waals surface area contributed by atoms with Gasteiger partial charge in [-0.05, 0) is 50.2 Å². The predicted octanol–water partition coefficient (Wildman–Crippen LogP) is 4.28. The average Bonchev–Trinajstić information content (AvgIpc) is 3.40. The summed E-state index contributed by atoms with van der Waals surface area (Å²) in [5, 5.41) is 4.72. The molecule has 0 saturated heterocycles. The Morgan fingerprint density at radius 1 is 0.970 bits per heavy atom. The first-order chi connectivity index (χ1) is 15.6. The first kappa shape index (κ1) is 21.5. The van der Waals surface area contributed by atoms with Crippen LogP contribution in [0, 0.1) is 5.82 Å². The number of hydrogen-bond acceptors (Lipinski definition) is 5. The largest absolute Gasteiger partial charge is 0.350 e. The monoisotopic (exact) mass is 482 g/mol. The van der Waals surface area contributed by atoms with E-state index in [2.05, 4.69) is 5.32 Å². The van der Waals surface area contributed by atoms with Gasteiger partial charge in [0.2, 0.25) is 0 Å². The first-order valence-electron chi connectivity index (χ1n) is 10.2. The van der Waals surface area contributed by atoms with Gasteiger partial charge in [-0.15, -0.1) is 11.3 Å². The lowest BCUT2D eigenvalue weighted by Gasteiger charge is -2.09. The van der Waals surface area contributed by atoms with Crippen LogP contribution in [0.5, 0.6) is 0 Å². The maximum atomic E-state index is 13.7. The van der Waals surface area contributed by atoms with E-state index in [9.17, 15) is 22.4 Å². The third-order valence-corrected chi connectivity index (χ3v) is 9.01. The van der Waals surface area contributed by atoms with Crippen molar-refractivity contribution >= 4 is 65.1 Å². The van der Waals surface area contributed by atoms with Gasteiger partial charge in [0.05, 0.1) is 21.3 Å². The maximum Gasteiger partial charge on any atom is 0.259 e. The van der Waals surface area contributed by atoms with Crippen molar-refractivity contribution < 1.29 is 22.4 Å². The highest BCUT2D eigenvalue weighted by Gasteiger charge is 2.35. The normalized spacial score (nSPS) is 14.8. The Balaban J connectivity index is 1.82. The zero-order chi connectivity index (χ0) is 23.7. The van der Waals surface area contributed by atoms with E-state index in [4.69, 9.17) is 0 Å². The second-order valence-electron chi connectivity index (χ2n) is 8.25. The molecule has 0 radical (unpaired) electrons. The van der Waals surface area contributed by atoms with Crippen molar-refractivity contribution in [3.63, 3.8) is 0 Å². The Labute approximate surface area is 193 Å². The van der Waals surface area contributed by atoms with Crippen molar-refractivity contribution in [2.45, 2.75) is 24.0 Å². The summed E-state index contributed by atoms with van der Waals surface area (Å²) in [7, 11) is -1.75. The topological polar surface area (TPSA) is 85.2 Å². The zero-order valence-electron chi connectivity index (χ0n) is 18.0. The summed E-state index contributed by atoms with van der Waals surface area (Å²) in [4.78, 5) is 26.0. The van der Waals surface area contributed by atoms with Crippen LogP contribution in [0.2, 0.25) is 0 Å². The molecule has 6 nitrogen and oxygen atoms in total. The van der Waals surface area contributed by atoms with Crippen molar-refractivity contribution in [2.75, 3.05) is 0 Å². The quantitative estimate of drug-likeness (QED) is 0.440. The van der Waals surface area contributed by atoms with Gasteiger partial charge in [-0.3, -0.25) is 14.9 Å². The number of nitrogens with zero attached hydrogens (tertiary/aromatic N) is 1. The minimum atomic E-state index is -3.54. The van der Waals surface area contributed by atoms with Crippen LogP contribution in [0.1, 0.15) is 25.0 Å². The fourth-order valence-electron chi connectivity index (χ4n) is 4.18. The number of sulfone groups is 1. The molecule has 0 atom stereocenters. The zero-order valence-corrected chi connectivity index (χ0v) is 19.6. The molecule has 0 aliphatic carbocycles. The lowest BCUT2D eigenvalue weighted by atomic mass is 9.95. The molecule has 0 spiro atoms. The molecular formula is C24H19FN2O4S2. The van der Waals surface area contributed by atoms with Gasteiger partial charge >= 0.3 is 0 Å². The Morgan fingerprint density at radius 3 is 2.36 bits per heavy atom. The molecule has 1 N–H and O–H groups in total. The molecule has 2 amide bonds. The summed E-state index contributed by atoms with van der Waals surface area (Å²) in [6.07, 6.45) is 1.72. The molecule has 2 aromatic heterocycles. The molecule has 1 aliphatic heterocycles. The average molecular weight is 483 g/mol. The van der Waals surface area contributed by atoms with Gasteiger partial charge in [0, 0.05) is 50.7 Å². The minimum absolute atomic E-state index is 0.154. The summed E-state index contributed by atoms with van der Waals surface area (Å²) in [6.45, 7) is 3.22. The van der Waals surface area contributed by atoms with E-state index in [1.54, 1.807) is 61.3 Å². The van der Waals surface area contributed by atoms with E-state index in [1.807, 2.05) is 0 Å². The summed E-state index contributed by atoms with van der Waals surface area (Å²) >= 11 is 1.28. The number of carbonyl (C=O) groups is 2. The molecule has 0 saturated carbocycles. The number of carbonyl (C=O) groups excluding carboxylic acids is 2. The van der Waals surface area contributed by atoms with Gasteiger partial charge in [0.25, 0.3) is 11.8 Å². The minimum Gasteiger partial charge on any atom is -0.350 e. The number of nitrogens with one attached hydrogen (secondary N) is 1. The van der Waals surface area contributed by atoms with Crippen LogP contribution in [-0.4, -0.2) is 30.0 Å². The van der Waals surface area contributed by atoms with Gasteiger partial charge < -0.3 is 4.57 Å². The van der Waals surface area contributed by atoms with Gasteiger partial charge in [0.15, 0.2) is 9.84 Å². The molecule has 0 bridgehead atoms. The number of rotatable bonds is 4. The molecular weight excluding hydrogens is 463 g/mol. The van der Waals surface area contributed by atoms with Gasteiger partial charge in [-0.1, -0.05) is 0 Å². The molecule has 0 unspecified atom stereocenters. The van der Waals surface area contributed by atoms with Crippen molar-refractivity contribution in [3.8, 4) is 0 Å². The van der Waals surface area contributed by atoms with Crippen LogP contribution in [0.15, 0.2) is 52.9 Å². The van der Waals surface area contributed by atoms with Crippen LogP contribution >= 0.6 is 11.3 Å². The Morgan fingerprint density at radius 2 is 1.67 bits per heavy atom. The van der Waals surface area contributed by atoms with E-state index < -0.39 is 26.9 Å². The molecule has 4 aromatic rings. The first-order valence-corrected chi connectivity index (χ1v) is 12.6. The Kier molecular flexibility index (Phi) is 4.80. The highest BCUT2D eigenvalue weighted by atomic mass is 32.2. The molecule has 168 valence electrons. The molecule has 9 heteroatoms. The van der Waals surface area contributed by atoms with E-state index in [0.29, 0.717) is 26.6 Å². The van der Waals surface area contributed by atoms with Crippen LogP contribution in [0.25, 0.3) is 32.1 Å². The number of thiophene rings is 1. The van der Waals surface area contributed by atoms with Crippen LogP contribution in [0.3, 0.4) is 0 Å². The van der Waals surface area contributed by atoms with E-state index in [-0.39, 0.29) is 21.9 Å². The lowest BCUT2D eigenvalue weighted by molar-refractivity contribution is -0.122. The standard InChI is InChI=1S/C24H19FN2O4S2/c1-12(2)33(30,31)14-5-7-19-16(9-14)17(10-27(19)3)21-22(24(29)26-23(21)28)18-11-32-20-8-13(25)4-6-15(18)20/h4-12H,1-3H3,(H,26,28,29). The third-order valence-electron chi connectivity index (χ3n) is 5.92. The fraction of sp³-hybridized carbons (Fsp3) is 0.167.